The maximum atomic E-state index is 12.8. The molecule has 0 radical (unpaired) electrons. The molecule has 2 aromatic rings. The Bertz CT molecular complexity index is 704. The van der Waals surface area contributed by atoms with E-state index in [4.69, 9.17) is 0 Å². The van der Waals surface area contributed by atoms with E-state index in [1.165, 1.54) is 43.4 Å². The zero-order chi connectivity index (χ0) is 16.9. The van der Waals surface area contributed by atoms with Crippen molar-refractivity contribution in [1.29, 1.82) is 0 Å². The third-order valence-corrected chi connectivity index (χ3v) is 5.92. The van der Waals surface area contributed by atoms with E-state index in [0.29, 0.717) is 6.04 Å². The van der Waals surface area contributed by atoms with Gasteiger partial charge in [-0.25, -0.2) is 9.97 Å². The Morgan fingerprint density at radius 1 is 1.21 bits per heavy atom. The fourth-order valence-electron chi connectivity index (χ4n) is 3.44. The summed E-state index contributed by atoms with van der Waals surface area (Å²) in [7, 11) is 0. The van der Waals surface area contributed by atoms with E-state index in [0.717, 1.165) is 45.9 Å². The number of aromatic nitrogens is 2. The summed E-state index contributed by atoms with van der Waals surface area (Å²) in [5.74, 6) is 0.866. The van der Waals surface area contributed by atoms with Crippen molar-refractivity contribution in [3.63, 3.8) is 0 Å². The van der Waals surface area contributed by atoms with Gasteiger partial charge in [0.2, 0.25) is 0 Å². The number of carbonyl (C=O) groups excluding carboxylic acids is 1. The highest BCUT2D eigenvalue weighted by Crippen LogP contribution is 2.33. The molecule has 0 bridgehead atoms. The normalized spacial score (nSPS) is 16.6. The van der Waals surface area contributed by atoms with Gasteiger partial charge in [-0.15, -0.1) is 11.3 Å². The summed E-state index contributed by atoms with van der Waals surface area (Å²) in [6, 6.07) is 0.307. The van der Waals surface area contributed by atoms with E-state index >= 15 is 0 Å². The SMILES string of the molecule is CCNc1ncnc2sc(C(=O)NC3CCCCCCC3)c(C)c12. The summed E-state index contributed by atoms with van der Waals surface area (Å²) in [5, 5.41) is 7.50. The van der Waals surface area contributed by atoms with E-state index in [9.17, 15) is 4.79 Å². The minimum atomic E-state index is 0.0449. The maximum absolute atomic E-state index is 12.8. The number of anilines is 1. The number of hydrogen-bond acceptors (Lipinski definition) is 5. The molecule has 3 rings (SSSR count). The lowest BCUT2D eigenvalue weighted by atomic mass is 9.96. The number of carbonyl (C=O) groups is 1. The van der Waals surface area contributed by atoms with Crippen LogP contribution in [0.1, 0.15) is 67.1 Å². The minimum absolute atomic E-state index is 0.0449. The number of hydrogen-bond donors (Lipinski definition) is 2. The van der Waals surface area contributed by atoms with Crippen LogP contribution in [0.4, 0.5) is 5.82 Å². The lowest BCUT2D eigenvalue weighted by molar-refractivity contribution is 0.0934. The van der Waals surface area contributed by atoms with Gasteiger partial charge < -0.3 is 10.6 Å². The second-order valence-electron chi connectivity index (χ2n) is 6.50. The molecule has 0 saturated heterocycles. The van der Waals surface area contributed by atoms with Gasteiger partial charge in [-0.3, -0.25) is 4.79 Å². The fraction of sp³-hybridized carbons (Fsp3) is 0.611. The zero-order valence-corrected chi connectivity index (χ0v) is 15.3. The molecule has 0 aliphatic heterocycles. The molecule has 2 heterocycles. The van der Waals surface area contributed by atoms with E-state index < -0.39 is 0 Å². The van der Waals surface area contributed by atoms with Crippen LogP contribution in [-0.2, 0) is 0 Å². The van der Waals surface area contributed by atoms with Crippen molar-refractivity contribution in [3.05, 3.63) is 16.8 Å². The number of rotatable bonds is 4. The summed E-state index contributed by atoms with van der Waals surface area (Å²) in [6.45, 7) is 4.83. The number of nitrogens with zero attached hydrogens (tertiary/aromatic N) is 2. The third-order valence-electron chi connectivity index (χ3n) is 4.72. The monoisotopic (exact) mass is 346 g/mol. The van der Waals surface area contributed by atoms with Gasteiger partial charge in [0.1, 0.15) is 17.0 Å². The van der Waals surface area contributed by atoms with Crippen LogP contribution in [0, 0.1) is 6.92 Å². The fourth-order valence-corrected chi connectivity index (χ4v) is 4.49. The molecule has 6 heteroatoms. The molecule has 24 heavy (non-hydrogen) atoms. The van der Waals surface area contributed by atoms with Crippen LogP contribution >= 0.6 is 11.3 Å². The van der Waals surface area contributed by atoms with Crippen LogP contribution in [0.15, 0.2) is 6.33 Å². The van der Waals surface area contributed by atoms with Crippen LogP contribution < -0.4 is 10.6 Å². The van der Waals surface area contributed by atoms with Gasteiger partial charge in [0, 0.05) is 12.6 Å². The molecule has 1 saturated carbocycles. The highest BCUT2D eigenvalue weighted by Gasteiger charge is 2.21. The van der Waals surface area contributed by atoms with Crippen molar-refractivity contribution in [3.8, 4) is 0 Å². The highest BCUT2D eigenvalue weighted by atomic mass is 32.1. The first-order valence-electron chi connectivity index (χ1n) is 8.99. The molecule has 1 aliphatic rings. The first-order valence-corrected chi connectivity index (χ1v) is 9.81. The molecule has 1 amide bonds. The first-order chi connectivity index (χ1) is 11.7. The van der Waals surface area contributed by atoms with Gasteiger partial charge in [0.15, 0.2) is 0 Å². The van der Waals surface area contributed by atoms with Crippen molar-refractivity contribution in [2.24, 2.45) is 0 Å². The molecule has 0 spiro atoms. The standard InChI is InChI=1S/C18H26N4OS/c1-3-19-16-14-12(2)15(24-18(14)21-11-20-16)17(23)22-13-9-7-5-4-6-8-10-13/h11,13H,3-10H2,1-2H3,(H,22,23)(H,19,20,21). The maximum Gasteiger partial charge on any atom is 0.261 e. The topological polar surface area (TPSA) is 66.9 Å². The Kier molecular flexibility index (Phi) is 5.66. The van der Waals surface area contributed by atoms with Crippen molar-refractivity contribution in [2.75, 3.05) is 11.9 Å². The minimum Gasteiger partial charge on any atom is -0.370 e. The molecule has 130 valence electrons. The largest absolute Gasteiger partial charge is 0.370 e. The summed E-state index contributed by atoms with van der Waals surface area (Å²) in [6.07, 6.45) is 10.1. The van der Waals surface area contributed by atoms with Crippen LogP contribution in [0.2, 0.25) is 0 Å². The van der Waals surface area contributed by atoms with E-state index in [1.54, 1.807) is 6.33 Å². The Hall–Kier alpha value is -1.69. The molecular formula is C18H26N4OS. The van der Waals surface area contributed by atoms with Gasteiger partial charge in [0.05, 0.1) is 10.3 Å². The summed E-state index contributed by atoms with van der Waals surface area (Å²) < 4.78 is 0. The van der Waals surface area contributed by atoms with E-state index in [2.05, 4.69) is 20.6 Å². The van der Waals surface area contributed by atoms with Crippen LogP contribution in [0.25, 0.3) is 10.2 Å². The van der Waals surface area contributed by atoms with Crippen molar-refractivity contribution in [1.82, 2.24) is 15.3 Å². The van der Waals surface area contributed by atoms with Crippen molar-refractivity contribution in [2.45, 2.75) is 64.8 Å². The second kappa shape index (κ2) is 7.92. The summed E-state index contributed by atoms with van der Waals surface area (Å²) >= 11 is 1.47. The molecular weight excluding hydrogens is 320 g/mol. The van der Waals surface area contributed by atoms with Gasteiger partial charge in [0.25, 0.3) is 5.91 Å². The molecule has 2 N–H and O–H groups in total. The van der Waals surface area contributed by atoms with Gasteiger partial charge in [-0.05, 0) is 32.3 Å². The van der Waals surface area contributed by atoms with Crippen molar-refractivity contribution >= 4 is 33.3 Å². The number of aryl methyl sites for hydroxylation is 1. The quantitative estimate of drug-likeness (QED) is 0.867. The molecule has 0 unspecified atom stereocenters. The summed E-state index contributed by atoms with van der Waals surface area (Å²) in [5.41, 5.74) is 0.981. The molecule has 5 nitrogen and oxygen atoms in total. The predicted molar refractivity (Wildman–Crippen MR) is 99.9 cm³/mol. The number of thiophene rings is 1. The van der Waals surface area contributed by atoms with Crippen molar-refractivity contribution < 1.29 is 4.79 Å². The molecule has 2 aromatic heterocycles. The van der Waals surface area contributed by atoms with Crippen LogP contribution in [0.5, 0.6) is 0 Å². The second-order valence-corrected chi connectivity index (χ2v) is 7.50. The Labute approximate surface area is 147 Å². The van der Waals surface area contributed by atoms with Gasteiger partial charge in [-0.1, -0.05) is 32.1 Å². The molecule has 1 fully saturated rings. The highest BCUT2D eigenvalue weighted by molar-refractivity contribution is 7.20. The van der Waals surface area contributed by atoms with Crippen LogP contribution in [0.3, 0.4) is 0 Å². The Balaban J connectivity index is 1.81. The summed E-state index contributed by atoms with van der Waals surface area (Å²) in [4.78, 5) is 23.1. The zero-order valence-electron chi connectivity index (χ0n) is 14.5. The number of fused-ring (bicyclic) bond motifs is 1. The van der Waals surface area contributed by atoms with E-state index in [-0.39, 0.29) is 5.91 Å². The Morgan fingerprint density at radius 3 is 2.62 bits per heavy atom. The van der Waals surface area contributed by atoms with Gasteiger partial charge in [-0.2, -0.15) is 0 Å². The molecule has 1 aliphatic carbocycles. The molecule has 0 aromatic carbocycles. The Morgan fingerprint density at radius 2 is 1.92 bits per heavy atom. The number of nitrogens with one attached hydrogen (secondary N) is 2. The number of amides is 1. The average molecular weight is 347 g/mol. The van der Waals surface area contributed by atoms with Crippen LogP contribution in [-0.4, -0.2) is 28.5 Å². The molecule has 0 atom stereocenters. The predicted octanol–water partition coefficient (Wildman–Crippen LogP) is 4.27. The third kappa shape index (κ3) is 3.69. The van der Waals surface area contributed by atoms with Gasteiger partial charge >= 0.3 is 0 Å². The lowest BCUT2D eigenvalue weighted by Crippen LogP contribution is -2.35. The lowest BCUT2D eigenvalue weighted by Gasteiger charge is -2.20. The van der Waals surface area contributed by atoms with E-state index in [1.807, 2.05) is 13.8 Å². The first kappa shape index (κ1) is 17.1. The average Bonchev–Trinajstić information content (AvgIpc) is 2.88. The smallest absolute Gasteiger partial charge is 0.261 e.